The second-order valence-electron chi connectivity index (χ2n) is 8.38. The van der Waals surface area contributed by atoms with Crippen molar-refractivity contribution < 1.29 is 13.6 Å². The molecule has 0 fully saturated rings. The molecule has 0 radical (unpaired) electrons. The first-order valence-electron chi connectivity index (χ1n) is 10.9. The van der Waals surface area contributed by atoms with Crippen LogP contribution < -0.4 is 16.0 Å². The third-order valence-corrected chi connectivity index (χ3v) is 6.70. The van der Waals surface area contributed by atoms with Crippen molar-refractivity contribution in [2.45, 2.75) is 13.1 Å². The molecule has 0 N–H and O–H groups in total. The number of halogens is 2. The molecule has 3 aromatic carbocycles. The molecule has 0 aliphatic carbocycles. The number of ether oxygens (including phenoxy) is 1. The predicted molar refractivity (Wildman–Crippen MR) is 135 cm³/mol. The summed E-state index contributed by atoms with van der Waals surface area (Å²) in [6.07, 6.45) is 0. The van der Waals surface area contributed by atoms with Gasteiger partial charge in [0.25, 0.3) is 0 Å². The molecule has 8 heteroatoms. The molecule has 0 bridgehead atoms. The number of hydrogen-bond acceptors (Lipinski definition) is 6. The van der Waals surface area contributed by atoms with Crippen LogP contribution in [0, 0.1) is 0 Å². The van der Waals surface area contributed by atoms with E-state index in [0.29, 0.717) is 63.1 Å². The van der Waals surface area contributed by atoms with Crippen LogP contribution in [0.5, 0.6) is 5.75 Å². The van der Waals surface area contributed by atoms with Crippen molar-refractivity contribution in [2.75, 3.05) is 6.73 Å². The monoisotopic (exact) mass is 505 g/mol. The zero-order valence-corrected chi connectivity index (χ0v) is 19.7. The molecular weight excluding hydrogens is 489 g/mol. The van der Waals surface area contributed by atoms with Crippen molar-refractivity contribution in [2.24, 2.45) is 0 Å². The summed E-state index contributed by atoms with van der Waals surface area (Å²) in [4.78, 5) is 27.5. The van der Waals surface area contributed by atoms with Crippen LogP contribution in [0.15, 0.2) is 85.2 Å². The standard InChI is InChI=1S/C27H17Cl2NO5/c28-17-5-7-23-16(9-17)10-20(27(32)34-23)19-11-25(31)35-26-18(19)6-8-24-21(26)13-30(14-33-24)12-15-3-1-2-4-22(15)29/h1-11H,12-14H2. The van der Waals surface area contributed by atoms with E-state index in [2.05, 4.69) is 4.90 Å². The van der Waals surface area contributed by atoms with E-state index in [0.717, 1.165) is 11.1 Å². The normalized spacial score (nSPS) is 13.7. The molecule has 0 unspecified atom stereocenters. The number of benzene rings is 3. The van der Waals surface area contributed by atoms with E-state index in [1.807, 2.05) is 30.3 Å². The van der Waals surface area contributed by atoms with Gasteiger partial charge >= 0.3 is 11.3 Å². The number of hydrogen-bond donors (Lipinski definition) is 0. The Morgan fingerprint density at radius 2 is 1.74 bits per heavy atom. The second-order valence-corrected chi connectivity index (χ2v) is 9.22. The molecule has 0 saturated carbocycles. The molecule has 0 saturated heterocycles. The van der Waals surface area contributed by atoms with Gasteiger partial charge in [0, 0.05) is 45.5 Å². The van der Waals surface area contributed by atoms with Crippen molar-refractivity contribution in [3.05, 3.63) is 109 Å². The Bertz CT molecular complexity index is 1740. The largest absolute Gasteiger partial charge is 0.478 e. The van der Waals surface area contributed by atoms with Crippen LogP contribution in [0.4, 0.5) is 0 Å². The molecule has 5 aromatic rings. The fraction of sp³-hybridized carbons (Fsp3) is 0.111. The van der Waals surface area contributed by atoms with Gasteiger partial charge in [-0.2, -0.15) is 0 Å². The van der Waals surface area contributed by atoms with Gasteiger partial charge in [-0.3, -0.25) is 4.90 Å². The highest BCUT2D eigenvalue weighted by Gasteiger charge is 2.24. The third kappa shape index (κ3) is 4.00. The zero-order chi connectivity index (χ0) is 24.1. The van der Waals surface area contributed by atoms with Gasteiger partial charge in [0.1, 0.15) is 23.6 Å². The molecule has 6 rings (SSSR count). The highest BCUT2D eigenvalue weighted by Crippen LogP contribution is 2.36. The summed E-state index contributed by atoms with van der Waals surface area (Å²) in [5, 5.41) is 2.45. The average molecular weight is 506 g/mol. The first-order valence-corrected chi connectivity index (χ1v) is 11.6. The van der Waals surface area contributed by atoms with Crippen molar-refractivity contribution in [1.29, 1.82) is 0 Å². The highest BCUT2D eigenvalue weighted by molar-refractivity contribution is 6.31. The van der Waals surface area contributed by atoms with E-state index >= 15 is 0 Å². The van der Waals surface area contributed by atoms with Crippen molar-refractivity contribution in [3.8, 4) is 16.9 Å². The van der Waals surface area contributed by atoms with Crippen LogP contribution >= 0.6 is 23.2 Å². The Balaban J connectivity index is 1.48. The average Bonchev–Trinajstić information content (AvgIpc) is 2.85. The Morgan fingerprint density at radius 3 is 2.60 bits per heavy atom. The minimum atomic E-state index is -0.574. The van der Waals surface area contributed by atoms with Crippen molar-refractivity contribution in [1.82, 2.24) is 4.90 Å². The van der Waals surface area contributed by atoms with Gasteiger partial charge in [0.05, 0.1) is 11.1 Å². The summed E-state index contributed by atoms with van der Waals surface area (Å²) >= 11 is 12.5. The Hall–Kier alpha value is -3.58. The molecular formula is C27H17Cl2NO5. The molecule has 3 heterocycles. The van der Waals surface area contributed by atoms with Gasteiger partial charge in [-0.25, -0.2) is 9.59 Å². The Labute approximate surface area is 208 Å². The van der Waals surface area contributed by atoms with Crippen molar-refractivity contribution >= 4 is 45.1 Å². The molecule has 1 aliphatic heterocycles. The predicted octanol–water partition coefficient (Wildman–Crippen LogP) is 6.23. The maximum absolute atomic E-state index is 12.9. The smallest absolute Gasteiger partial charge is 0.344 e. The van der Waals surface area contributed by atoms with Gasteiger partial charge in [0.2, 0.25) is 0 Å². The quantitative estimate of drug-likeness (QED) is 0.271. The fourth-order valence-electron chi connectivity index (χ4n) is 4.45. The summed E-state index contributed by atoms with van der Waals surface area (Å²) in [5.41, 5.74) is 2.04. The van der Waals surface area contributed by atoms with E-state index in [1.165, 1.54) is 6.07 Å². The van der Waals surface area contributed by atoms with Gasteiger partial charge < -0.3 is 13.6 Å². The topological polar surface area (TPSA) is 72.9 Å². The molecule has 35 heavy (non-hydrogen) atoms. The lowest BCUT2D eigenvalue weighted by Gasteiger charge is -2.29. The number of rotatable bonds is 3. The molecule has 2 aromatic heterocycles. The fourth-order valence-corrected chi connectivity index (χ4v) is 4.83. The van der Waals surface area contributed by atoms with Gasteiger partial charge in [-0.05, 0) is 48.0 Å². The van der Waals surface area contributed by atoms with Gasteiger partial charge in [-0.1, -0.05) is 41.4 Å². The zero-order valence-electron chi connectivity index (χ0n) is 18.2. The molecule has 0 amide bonds. The van der Waals surface area contributed by atoms with E-state index < -0.39 is 11.3 Å². The minimum Gasteiger partial charge on any atom is -0.478 e. The molecule has 6 nitrogen and oxygen atoms in total. The maximum atomic E-state index is 12.9. The SMILES string of the molecule is O=c1cc(-c2cc3cc(Cl)ccc3oc2=O)c2ccc3c(c2o1)CN(Cc1ccccc1Cl)CO3. The summed E-state index contributed by atoms with van der Waals surface area (Å²) in [6.45, 7) is 1.41. The number of fused-ring (bicyclic) bond motifs is 4. The van der Waals surface area contributed by atoms with Crippen LogP contribution in [-0.2, 0) is 13.1 Å². The van der Waals surface area contributed by atoms with E-state index in [1.54, 1.807) is 30.3 Å². The summed E-state index contributed by atoms with van der Waals surface area (Å²) in [6, 6.07) is 19.2. The Kier molecular flexibility index (Phi) is 5.37. The maximum Gasteiger partial charge on any atom is 0.344 e. The van der Waals surface area contributed by atoms with Crippen LogP contribution in [0.1, 0.15) is 11.1 Å². The van der Waals surface area contributed by atoms with Crippen LogP contribution in [-0.4, -0.2) is 11.6 Å². The molecule has 1 aliphatic rings. The van der Waals surface area contributed by atoms with Gasteiger partial charge in [0.15, 0.2) is 0 Å². The van der Waals surface area contributed by atoms with Crippen molar-refractivity contribution in [3.63, 3.8) is 0 Å². The molecule has 0 atom stereocenters. The number of nitrogens with zero attached hydrogens (tertiary/aromatic N) is 1. The van der Waals surface area contributed by atoms with E-state index in [-0.39, 0.29) is 5.56 Å². The lowest BCUT2D eigenvalue weighted by molar-refractivity contribution is 0.0890. The molecule has 174 valence electrons. The minimum absolute atomic E-state index is 0.252. The van der Waals surface area contributed by atoms with Crippen LogP contribution in [0.2, 0.25) is 10.0 Å². The lowest BCUT2D eigenvalue weighted by Crippen LogP contribution is -2.31. The van der Waals surface area contributed by atoms with Crippen LogP contribution in [0.3, 0.4) is 0 Å². The second kappa shape index (κ2) is 8.57. The van der Waals surface area contributed by atoms with Crippen LogP contribution in [0.25, 0.3) is 33.1 Å². The summed E-state index contributed by atoms with van der Waals surface area (Å²) in [5.74, 6) is 0.630. The highest BCUT2D eigenvalue weighted by atomic mass is 35.5. The third-order valence-electron chi connectivity index (χ3n) is 6.09. The first kappa shape index (κ1) is 21.9. The van der Waals surface area contributed by atoms with Gasteiger partial charge in [-0.15, -0.1) is 0 Å². The summed E-state index contributed by atoms with van der Waals surface area (Å²) < 4.78 is 17.1. The van der Waals surface area contributed by atoms with E-state index in [4.69, 9.17) is 36.8 Å². The first-order chi connectivity index (χ1) is 17.0. The lowest BCUT2D eigenvalue weighted by atomic mass is 9.99. The van der Waals surface area contributed by atoms with E-state index in [9.17, 15) is 9.59 Å². The molecule has 0 spiro atoms. The Morgan fingerprint density at radius 1 is 0.886 bits per heavy atom. The summed E-state index contributed by atoms with van der Waals surface area (Å²) in [7, 11) is 0.